The molecule has 1 atom stereocenters. The molecule has 0 saturated carbocycles. The van der Waals surface area contributed by atoms with Crippen LogP contribution in [0.3, 0.4) is 0 Å². The van der Waals surface area contributed by atoms with Crippen molar-refractivity contribution in [2.75, 3.05) is 0 Å². The van der Waals surface area contributed by atoms with E-state index in [0.717, 1.165) is 5.56 Å². The maximum absolute atomic E-state index is 10.9. The number of para-hydroxylation sites is 1. The van der Waals surface area contributed by atoms with Gasteiger partial charge in [-0.05, 0) is 24.6 Å². The van der Waals surface area contributed by atoms with Crippen molar-refractivity contribution in [1.82, 2.24) is 0 Å². The Morgan fingerprint density at radius 1 is 1.06 bits per heavy atom. The molecule has 0 bridgehead atoms. The molecule has 0 radical (unpaired) electrons. The highest BCUT2D eigenvalue weighted by Gasteiger charge is 2.10. The number of carboxylic acids is 1. The second-order valence-electron chi connectivity index (χ2n) is 3.95. The van der Waals surface area contributed by atoms with Gasteiger partial charge in [-0.25, -0.2) is 0 Å². The Kier molecular flexibility index (Phi) is 3.63. The summed E-state index contributed by atoms with van der Waals surface area (Å²) in [7, 11) is 0. The van der Waals surface area contributed by atoms with Crippen molar-refractivity contribution in [3.63, 3.8) is 0 Å². The lowest BCUT2D eigenvalue weighted by Crippen LogP contribution is -2.23. The maximum Gasteiger partial charge on any atom is 0.129 e. The fraction of sp³-hybridized carbons (Fsp3) is 0.133. The zero-order chi connectivity index (χ0) is 13.0. The van der Waals surface area contributed by atoms with Gasteiger partial charge in [-0.2, -0.15) is 0 Å². The molecule has 2 aromatic carbocycles. The molecule has 1 unspecified atom stereocenters. The van der Waals surface area contributed by atoms with Crippen LogP contribution in [0.15, 0.2) is 54.6 Å². The molecule has 18 heavy (non-hydrogen) atoms. The van der Waals surface area contributed by atoms with Crippen LogP contribution in [0.25, 0.3) is 0 Å². The fourth-order valence-electron chi connectivity index (χ4n) is 1.72. The van der Waals surface area contributed by atoms with Crippen molar-refractivity contribution in [1.29, 1.82) is 0 Å². The molecule has 0 spiro atoms. The molecule has 2 aromatic rings. The highest BCUT2D eigenvalue weighted by Crippen LogP contribution is 2.24. The van der Waals surface area contributed by atoms with Crippen LogP contribution in [0, 0.1) is 0 Å². The Morgan fingerprint density at radius 2 is 1.67 bits per heavy atom. The number of hydrogen-bond donors (Lipinski definition) is 0. The summed E-state index contributed by atoms with van der Waals surface area (Å²) < 4.78 is 5.67. The number of aromatic carboxylic acids is 1. The van der Waals surface area contributed by atoms with E-state index in [1.165, 1.54) is 6.07 Å². The van der Waals surface area contributed by atoms with Crippen LogP contribution in [0.2, 0.25) is 0 Å². The molecular weight excluding hydrogens is 228 g/mol. The molecule has 0 aliphatic heterocycles. The molecule has 0 N–H and O–H groups in total. The Bertz CT molecular complexity index is 534. The molecule has 0 fully saturated rings. The number of hydrogen-bond acceptors (Lipinski definition) is 3. The second-order valence-corrected chi connectivity index (χ2v) is 3.95. The lowest BCUT2D eigenvalue weighted by molar-refractivity contribution is -0.255. The van der Waals surface area contributed by atoms with Gasteiger partial charge < -0.3 is 14.6 Å². The summed E-state index contributed by atoms with van der Waals surface area (Å²) >= 11 is 0. The third-order valence-electron chi connectivity index (χ3n) is 2.68. The van der Waals surface area contributed by atoms with E-state index >= 15 is 0 Å². The summed E-state index contributed by atoms with van der Waals surface area (Å²) in [6.07, 6.45) is -0.216. The van der Waals surface area contributed by atoms with Crippen LogP contribution in [0.1, 0.15) is 28.9 Å². The molecular formula is C15H13O3-. The summed E-state index contributed by atoms with van der Waals surface area (Å²) in [5.41, 5.74) is 1.06. The Balaban J connectivity index is 2.22. The molecule has 0 heterocycles. The predicted molar refractivity (Wildman–Crippen MR) is 66.3 cm³/mol. The third-order valence-corrected chi connectivity index (χ3v) is 2.68. The van der Waals surface area contributed by atoms with E-state index in [9.17, 15) is 9.90 Å². The van der Waals surface area contributed by atoms with Crippen molar-refractivity contribution in [2.45, 2.75) is 13.0 Å². The van der Waals surface area contributed by atoms with Gasteiger partial charge in [-0.1, -0.05) is 42.5 Å². The van der Waals surface area contributed by atoms with Crippen LogP contribution >= 0.6 is 0 Å². The first kappa shape index (κ1) is 12.2. The highest BCUT2D eigenvalue weighted by molar-refractivity contribution is 5.89. The molecule has 2 rings (SSSR count). The van der Waals surface area contributed by atoms with E-state index in [1.807, 2.05) is 37.3 Å². The zero-order valence-electron chi connectivity index (χ0n) is 10.00. The van der Waals surface area contributed by atoms with Gasteiger partial charge in [0.15, 0.2) is 0 Å². The van der Waals surface area contributed by atoms with Gasteiger partial charge in [0.2, 0.25) is 0 Å². The van der Waals surface area contributed by atoms with Crippen molar-refractivity contribution in [2.24, 2.45) is 0 Å². The minimum Gasteiger partial charge on any atom is -0.545 e. The molecule has 3 nitrogen and oxygen atoms in total. The Morgan fingerprint density at radius 3 is 2.33 bits per heavy atom. The third kappa shape index (κ3) is 2.69. The van der Waals surface area contributed by atoms with Crippen LogP contribution in [-0.2, 0) is 0 Å². The van der Waals surface area contributed by atoms with Gasteiger partial charge in [0.25, 0.3) is 0 Å². The minimum absolute atomic E-state index is 0.0697. The van der Waals surface area contributed by atoms with E-state index in [0.29, 0.717) is 5.75 Å². The van der Waals surface area contributed by atoms with Crippen molar-refractivity contribution in [3.05, 3.63) is 65.7 Å². The SMILES string of the molecule is CC(Oc1ccccc1C(=O)[O-])c1ccccc1. The largest absolute Gasteiger partial charge is 0.545 e. The number of ether oxygens (including phenoxy) is 1. The molecule has 0 saturated heterocycles. The average Bonchev–Trinajstić information content (AvgIpc) is 2.40. The smallest absolute Gasteiger partial charge is 0.129 e. The van der Waals surface area contributed by atoms with Crippen molar-refractivity contribution in [3.8, 4) is 5.75 Å². The molecule has 0 aromatic heterocycles. The average molecular weight is 241 g/mol. The Hall–Kier alpha value is -2.29. The van der Waals surface area contributed by atoms with Crippen LogP contribution in [-0.4, -0.2) is 5.97 Å². The lowest BCUT2D eigenvalue weighted by Gasteiger charge is -2.18. The van der Waals surface area contributed by atoms with Gasteiger partial charge in [-0.15, -0.1) is 0 Å². The topological polar surface area (TPSA) is 49.4 Å². The first-order valence-corrected chi connectivity index (χ1v) is 5.70. The molecule has 0 aliphatic rings. The monoisotopic (exact) mass is 241 g/mol. The lowest BCUT2D eigenvalue weighted by atomic mass is 10.1. The summed E-state index contributed by atoms with van der Waals surface area (Å²) in [4.78, 5) is 10.9. The number of rotatable bonds is 4. The number of carbonyl (C=O) groups is 1. The standard InChI is InChI=1S/C15H14O3/c1-11(12-7-3-2-4-8-12)18-14-10-6-5-9-13(14)15(16)17/h2-11H,1H3,(H,16,17)/p-1. The normalized spacial score (nSPS) is 11.8. The molecule has 0 amide bonds. The Labute approximate surface area is 106 Å². The van der Waals surface area contributed by atoms with Crippen molar-refractivity contribution < 1.29 is 14.6 Å². The fourth-order valence-corrected chi connectivity index (χ4v) is 1.72. The van der Waals surface area contributed by atoms with Gasteiger partial charge in [0.05, 0.1) is 5.97 Å². The number of carboxylic acid groups (broad SMARTS) is 1. The van der Waals surface area contributed by atoms with Gasteiger partial charge in [-0.3, -0.25) is 0 Å². The van der Waals surface area contributed by atoms with Gasteiger partial charge >= 0.3 is 0 Å². The minimum atomic E-state index is -1.23. The van der Waals surface area contributed by atoms with E-state index in [1.54, 1.807) is 18.2 Å². The van der Waals surface area contributed by atoms with E-state index in [-0.39, 0.29) is 11.7 Å². The van der Waals surface area contributed by atoms with Crippen molar-refractivity contribution >= 4 is 5.97 Å². The predicted octanol–water partition coefficient (Wildman–Crippen LogP) is 2.19. The molecule has 0 aliphatic carbocycles. The zero-order valence-corrected chi connectivity index (χ0v) is 10.00. The number of carbonyl (C=O) groups excluding carboxylic acids is 1. The van der Waals surface area contributed by atoms with E-state index < -0.39 is 5.97 Å². The second kappa shape index (κ2) is 5.36. The van der Waals surface area contributed by atoms with Gasteiger partial charge in [0, 0.05) is 5.56 Å². The van der Waals surface area contributed by atoms with E-state index in [4.69, 9.17) is 4.74 Å². The molecule has 92 valence electrons. The summed E-state index contributed by atoms with van der Waals surface area (Å²) in [5.74, 6) is -0.903. The first-order valence-electron chi connectivity index (χ1n) is 5.70. The quantitative estimate of drug-likeness (QED) is 0.824. The van der Waals surface area contributed by atoms with Crippen LogP contribution in [0.4, 0.5) is 0 Å². The maximum atomic E-state index is 10.9. The van der Waals surface area contributed by atoms with E-state index in [2.05, 4.69) is 0 Å². The van der Waals surface area contributed by atoms with Gasteiger partial charge in [0.1, 0.15) is 11.9 Å². The summed E-state index contributed by atoms with van der Waals surface area (Å²) in [6.45, 7) is 1.88. The first-order chi connectivity index (χ1) is 8.68. The summed E-state index contributed by atoms with van der Waals surface area (Å²) in [5, 5.41) is 10.9. The summed E-state index contributed by atoms with van der Waals surface area (Å²) in [6, 6.07) is 16.1. The highest BCUT2D eigenvalue weighted by atomic mass is 16.5. The number of benzene rings is 2. The van der Waals surface area contributed by atoms with Crippen LogP contribution in [0.5, 0.6) is 5.75 Å². The molecule has 3 heteroatoms. The van der Waals surface area contributed by atoms with Crippen LogP contribution < -0.4 is 9.84 Å².